The fourth-order valence-corrected chi connectivity index (χ4v) is 2.02. The Morgan fingerprint density at radius 2 is 2.10 bits per heavy atom. The number of nitrogens with zero attached hydrogens (tertiary/aromatic N) is 5. The van der Waals surface area contributed by atoms with E-state index in [1.54, 1.807) is 17.1 Å². The van der Waals surface area contributed by atoms with Crippen LogP contribution in [-0.2, 0) is 6.54 Å². The van der Waals surface area contributed by atoms with E-state index in [9.17, 15) is 0 Å². The summed E-state index contributed by atoms with van der Waals surface area (Å²) in [6.45, 7) is 0.477. The Balaban J connectivity index is 2.04. The molecule has 102 valence electrons. The highest BCUT2D eigenvalue weighted by molar-refractivity contribution is 5.80. The molecule has 7 heteroatoms. The minimum absolute atomic E-state index is 0.0393. The van der Waals surface area contributed by atoms with E-state index in [4.69, 9.17) is 5.11 Å². The van der Waals surface area contributed by atoms with Gasteiger partial charge in [-0.15, -0.1) is 0 Å². The molecule has 3 aromatic rings. The summed E-state index contributed by atoms with van der Waals surface area (Å²) in [5, 5.41) is 17.1. The monoisotopic (exact) mass is 270 g/mol. The van der Waals surface area contributed by atoms with Crippen molar-refractivity contribution < 1.29 is 5.11 Å². The molecule has 0 aliphatic carbocycles. The summed E-state index contributed by atoms with van der Waals surface area (Å²) in [6, 6.07) is 3.84. The van der Waals surface area contributed by atoms with Crippen LogP contribution in [0.2, 0.25) is 0 Å². The summed E-state index contributed by atoms with van der Waals surface area (Å²) >= 11 is 0. The SMILES string of the molecule is CNc1cc(-c2cnc3c(cnn3CCO)c2)ncn1. The van der Waals surface area contributed by atoms with Gasteiger partial charge in [-0.3, -0.25) is 0 Å². The van der Waals surface area contributed by atoms with E-state index >= 15 is 0 Å². The van der Waals surface area contributed by atoms with Crippen molar-refractivity contribution in [1.82, 2.24) is 24.7 Å². The molecule has 0 aliphatic heterocycles. The molecule has 20 heavy (non-hydrogen) atoms. The zero-order valence-corrected chi connectivity index (χ0v) is 11.0. The van der Waals surface area contributed by atoms with Gasteiger partial charge in [0, 0.05) is 30.3 Å². The molecule has 0 saturated carbocycles. The Bertz CT molecular complexity index is 739. The Hall–Kier alpha value is -2.54. The van der Waals surface area contributed by atoms with E-state index in [1.165, 1.54) is 6.33 Å². The predicted octanol–water partition coefficient (Wildman–Crippen LogP) is 0.922. The second-order valence-corrected chi connectivity index (χ2v) is 4.27. The van der Waals surface area contributed by atoms with Crippen LogP contribution in [0.3, 0.4) is 0 Å². The topological polar surface area (TPSA) is 88.8 Å². The average molecular weight is 270 g/mol. The maximum Gasteiger partial charge on any atom is 0.157 e. The van der Waals surface area contributed by atoms with E-state index < -0.39 is 0 Å². The van der Waals surface area contributed by atoms with Crippen molar-refractivity contribution in [3.63, 3.8) is 0 Å². The molecule has 2 N–H and O–H groups in total. The molecular formula is C13H14N6O. The Morgan fingerprint density at radius 1 is 1.20 bits per heavy atom. The van der Waals surface area contributed by atoms with Crippen molar-refractivity contribution in [2.24, 2.45) is 0 Å². The number of aliphatic hydroxyl groups excluding tert-OH is 1. The Labute approximate surface area is 115 Å². The van der Waals surface area contributed by atoms with Gasteiger partial charge < -0.3 is 10.4 Å². The Morgan fingerprint density at radius 3 is 2.90 bits per heavy atom. The summed E-state index contributed by atoms with van der Waals surface area (Å²) < 4.78 is 1.68. The summed E-state index contributed by atoms with van der Waals surface area (Å²) in [4.78, 5) is 12.7. The van der Waals surface area contributed by atoms with Crippen molar-refractivity contribution in [3.05, 3.63) is 30.9 Å². The third-order valence-corrected chi connectivity index (χ3v) is 3.01. The van der Waals surface area contributed by atoms with Gasteiger partial charge in [0.2, 0.25) is 0 Å². The standard InChI is InChI=1S/C13H14N6O/c1-14-12-5-11(16-8-17-12)9-4-10-7-18-19(2-3-20)13(10)15-6-9/h4-8,20H,2-3H2,1H3,(H,14,16,17). The van der Waals surface area contributed by atoms with E-state index in [0.717, 1.165) is 28.1 Å². The van der Waals surface area contributed by atoms with E-state index in [-0.39, 0.29) is 6.61 Å². The predicted molar refractivity (Wildman–Crippen MR) is 75.2 cm³/mol. The quantitative estimate of drug-likeness (QED) is 0.733. The van der Waals surface area contributed by atoms with Crippen LogP contribution in [-0.4, -0.2) is 43.5 Å². The molecule has 0 atom stereocenters. The molecule has 0 fully saturated rings. The van der Waals surface area contributed by atoms with E-state index in [2.05, 4.69) is 25.4 Å². The maximum atomic E-state index is 8.98. The third-order valence-electron chi connectivity index (χ3n) is 3.01. The lowest BCUT2D eigenvalue weighted by molar-refractivity contribution is 0.271. The average Bonchev–Trinajstić information content (AvgIpc) is 2.90. The largest absolute Gasteiger partial charge is 0.394 e. The minimum Gasteiger partial charge on any atom is -0.394 e. The molecule has 7 nitrogen and oxygen atoms in total. The lowest BCUT2D eigenvalue weighted by atomic mass is 10.2. The fourth-order valence-electron chi connectivity index (χ4n) is 2.02. The molecule has 0 amide bonds. The number of nitrogens with one attached hydrogen (secondary N) is 1. The van der Waals surface area contributed by atoms with Gasteiger partial charge >= 0.3 is 0 Å². The number of hydrogen-bond donors (Lipinski definition) is 2. The van der Waals surface area contributed by atoms with Crippen molar-refractivity contribution in [3.8, 4) is 11.3 Å². The highest BCUT2D eigenvalue weighted by Gasteiger charge is 2.07. The van der Waals surface area contributed by atoms with Gasteiger partial charge in [-0.1, -0.05) is 0 Å². The second-order valence-electron chi connectivity index (χ2n) is 4.27. The van der Waals surface area contributed by atoms with Crippen molar-refractivity contribution >= 4 is 16.9 Å². The number of hydrogen-bond acceptors (Lipinski definition) is 6. The van der Waals surface area contributed by atoms with Crippen LogP contribution in [0.5, 0.6) is 0 Å². The first-order valence-corrected chi connectivity index (χ1v) is 6.24. The number of rotatable bonds is 4. The first-order valence-electron chi connectivity index (χ1n) is 6.24. The normalized spacial score (nSPS) is 10.9. The molecule has 3 aromatic heterocycles. The van der Waals surface area contributed by atoms with Crippen LogP contribution >= 0.6 is 0 Å². The molecule has 0 aliphatic rings. The van der Waals surface area contributed by atoms with Gasteiger partial charge in [-0.25, -0.2) is 19.6 Å². The summed E-state index contributed by atoms with van der Waals surface area (Å²) in [5.41, 5.74) is 2.46. The first-order chi connectivity index (χ1) is 9.81. The fraction of sp³-hybridized carbons (Fsp3) is 0.231. The molecule has 3 heterocycles. The van der Waals surface area contributed by atoms with E-state index in [1.807, 2.05) is 19.2 Å². The van der Waals surface area contributed by atoms with Gasteiger partial charge in [0.15, 0.2) is 5.65 Å². The van der Waals surface area contributed by atoms with Gasteiger partial charge in [-0.05, 0) is 6.07 Å². The van der Waals surface area contributed by atoms with Crippen LogP contribution < -0.4 is 5.32 Å². The summed E-state index contributed by atoms with van der Waals surface area (Å²) in [6.07, 6.45) is 5.00. The smallest absolute Gasteiger partial charge is 0.157 e. The molecule has 0 saturated heterocycles. The number of aliphatic hydroxyl groups is 1. The molecule has 0 spiro atoms. The number of aromatic nitrogens is 5. The number of fused-ring (bicyclic) bond motifs is 1. The van der Waals surface area contributed by atoms with E-state index in [0.29, 0.717) is 6.54 Å². The van der Waals surface area contributed by atoms with Gasteiger partial charge in [-0.2, -0.15) is 5.10 Å². The molecule has 0 aromatic carbocycles. The number of anilines is 1. The molecule has 0 unspecified atom stereocenters. The van der Waals surface area contributed by atoms with Crippen LogP contribution in [0.4, 0.5) is 5.82 Å². The zero-order chi connectivity index (χ0) is 13.9. The number of pyridine rings is 1. The first kappa shape index (κ1) is 12.5. The Kier molecular flexibility index (Phi) is 3.26. The molecular weight excluding hydrogens is 256 g/mol. The molecule has 0 radical (unpaired) electrons. The molecule has 3 rings (SSSR count). The van der Waals surface area contributed by atoms with Gasteiger partial charge in [0.05, 0.1) is 25.0 Å². The van der Waals surface area contributed by atoms with Crippen LogP contribution in [0.1, 0.15) is 0 Å². The zero-order valence-electron chi connectivity index (χ0n) is 11.0. The van der Waals surface area contributed by atoms with Crippen LogP contribution in [0, 0.1) is 0 Å². The maximum absolute atomic E-state index is 8.98. The van der Waals surface area contributed by atoms with Gasteiger partial charge in [0.25, 0.3) is 0 Å². The van der Waals surface area contributed by atoms with Crippen molar-refractivity contribution in [2.75, 3.05) is 19.0 Å². The lowest BCUT2D eigenvalue weighted by Crippen LogP contribution is -2.04. The highest BCUT2D eigenvalue weighted by Crippen LogP contribution is 2.22. The highest BCUT2D eigenvalue weighted by atomic mass is 16.3. The molecule has 0 bridgehead atoms. The van der Waals surface area contributed by atoms with Crippen LogP contribution in [0.15, 0.2) is 30.9 Å². The van der Waals surface area contributed by atoms with Crippen LogP contribution in [0.25, 0.3) is 22.3 Å². The lowest BCUT2D eigenvalue weighted by Gasteiger charge is -2.04. The van der Waals surface area contributed by atoms with Crippen molar-refractivity contribution in [1.29, 1.82) is 0 Å². The van der Waals surface area contributed by atoms with Crippen molar-refractivity contribution in [2.45, 2.75) is 6.54 Å². The minimum atomic E-state index is 0.0393. The summed E-state index contributed by atoms with van der Waals surface area (Å²) in [7, 11) is 1.81. The van der Waals surface area contributed by atoms with Gasteiger partial charge in [0.1, 0.15) is 12.1 Å². The third kappa shape index (κ3) is 2.19. The summed E-state index contributed by atoms with van der Waals surface area (Å²) in [5.74, 6) is 0.756. The second kappa shape index (κ2) is 5.22.